The summed E-state index contributed by atoms with van der Waals surface area (Å²) < 4.78 is 1.76. The lowest BCUT2D eigenvalue weighted by molar-refractivity contribution is 0.115. The summed E-state index contributed by atoms with van der Waals surface area (Å²) in [6, 6.07) is 9.16. The average molecular weight is 300 g/mol. The second kappa shape index (κ2) is 6.62. The normalized spacial score (nSPS) is 18.2. The predicted octanol–water partition coefficient (Wildman–Crippen LogP) is 2.25. The lowest BCUT2D eigenvalue weighted by atomic mass is 10.0. The van der Waals surface area contributed by atoms with E-state index in [4.69, 9.17) is 0 Å². The van der Waals surface area contributed by atoms with Gasteiger partial charge in [-0.15, -0.1) is 0 Å². The maximum absolute atomic E-state index is 12.3. The molecule has 0 radical (unpaired) electrons. The summed E-state index contributed by atoms with van der Waals surface area (Å²) in [5.41, 5.74) is 1.68. The second-order valence-electron chi connectivity index (χ2n) is 5.45. The highest BCUT2D eigenvalue weighted by atomic mass is 16.3. The molecule has 0 unspecified atom stereocenters. The Kier molecular flexibility index (Phi) is 4.39. The van der Waals surface area contributed by atoms with Gasteiger partial charge in [0.25, 0.3) is 0 Å². The SMILES string of the molecule is O=C(Nc1ccc(-n2cccn2)cc1)N1CCCC[C@@H]1CO. The third-order valence-corrected chi connectivity index (χ3v) is 3.99. The summed E-state index contributed by atoms with van der Waals surface area (Å²) in [6.07, 6.45) is 6.51. The van der Waals surface area contributed by atoms with Crippen molar-refractivity contribution in [2.45, 2.75) is 25.3 Å². The van der Waals surface area contributed by atoms with Crippen LogP contribution < -0.4 is 5.32 Å². The van der Waals surface area contributed by atoms with Crippen LogP contribution in [0.3, 0.4) is 0 Å². The highest BCUT2D eigenvalue weighted by Crippen LogP contribution is 2.19. The van der Waals surface area contributed by atoms with Crippen molar-refractivity contribution in [2.24, 2.45) is 0 Å². The minimum Gasteiger partial charge on any atom is -0.394 e. The summed E-state index contributed by atoms with van der Waals surface area (Å²) in [5, 5.41) is 16.4. The fraction of sp³-hybridized carbons (Fsp3) is 0.375. The molecule has 6 heteroatoms. The standard InChI is InChI=1S/C16H20N4O2/c21-12-15-4-1-2-10-19(15)16(22)18-13-5-7-14(8-6-13)20-11-3-9-17-20/h3,5-9,11,15,21H,1-2,4,10,12H2,(H,18,22)/t15-/m1/s1. The summed E-state index contributed by atoms with van der Waals surface area (Å²) in [4.78, 5) is 14.1. The number of hydrogen-bond acceptors (Lipinski definition) is 3. The number of aliphatic hydroxyl groups excluding tert-OH is 1. The largest absolute Gasteiger partial charge is 0.394 e. The molecule has 0 bridgehead atoms. The molecule has 6 nitrogen and oxygen atoms in total. The number of rotatable bonds is 3. The number of urea groups is 1. The smallest absolute Gasteiger partial charge is 0.322 e. The first kappa shape index (κ1) is 14.6. The van der Waals surface area contributed by atoms with Gasteiger partial charge in [-0.1, -0.05) is 0 Å². The molecule has 1 aromatic heterocycles. The van der Waals surface area contributed by atoms with Gasteiger partial charge >= 0.3 is 6.03 Å². The molecule has 2 N–H and O–H groups in total. The van der Waals surface area contributed by atoms with Crippen LogP contribution >= 0.6 is 0 Å². The van der Waals surface area contributed by atoms with Crippen LogP contribution in [0.5, 0.6) is 0 Å². The van der Waals surface area contributed by atoms with Gasteiger partial charge in [-0.25, -0.2) is 9.48 Å². The average Bonchev–Trinajstić information content (AvgIpc) is 3.10. The molecule has 1 aliphatic rings. The Balaban J connectivity index is 1.66. The Morgan fingerprint density at radius 3 is 2.82 bits per heavy atom. The molecule has 1 atom stereocenters. The maximum Gasteiger partial charge on any atom is 0.322 e. The van der Waals surface area contributed by atoms with Crippen molar-refractivity contribution < 1.29 is 9.90 Å². The zero-order valence-electron chi connectivity index (χ0n) is 12.4. The molecule has 116 valence electrons. The summed E-state index contributed by atoms with van der Waals surface area (Å²) in [7, 11) is 0. The number of aromatic nitrogens is 2. The Hall–Kier alpha value is -2.34. The highest BCUT2D eigenvalue weighted by Gasteiger charge is 2.25. The van der Waals surface area contributed by atoms with Crippen molar-refractivity contribution in [2.75, 3.05) is 18.5 Å². The number of carbonyl (C=O) groups is 1. The van der Waals surface area contributed by atoms with Crippen LogP contribution in [0.4, 0.5) is 10.5 Å². The van der Waals surface area contributed by atoms with E-state index < -0.39 is 0 Å². The first-order valence-electron chi connectivity index (χ1n) is 7.56. The van der Waals surface area contributed by atoms with Gasteiger partial charge in [-0.3, -0.25) is 0 Å². The number of aliphatic hydroxyl groups is 1. The van der Waals surface area contributed by atoms with E-state index in [9.17, 15) is 9.90 Å². The minimum atomic E-state index is -0.148. The number of anilines is 1. The number of piperidine rings is 1. The third-order valence-electron chi connectivity index (χ3n) is 3.99. The Morgan fingerprint density at radius 1 is 1.32 bits per heavy atom. The molecule has 1 aromatic carbocycles. The van der Waals surface area contributed by atoms with E-state index in [1.807, 2.05) is 36.5 Å². The topological polar surface area (TPSA) is 70.4 Å². The van der Waals surface area contributed by atoms with Crippen molar-refractivity contribution in [3.05, 3.63) is 42.7 Å². The molecule has 2 heterocycles. The van der Waals surface area contributed by atoms with E-state index in [1.54, 1.807) is 15.8 Å². The number of amides is 2. The number of likely N-dealkylation sites (tertiary alicyclic amines) is 1. The maximum atomic E-state index is 12.3. The number of nitrogens with zero attached hydrogens (tertiary/aromatic N) is 3. The molecule has 1 fully saturated rings. The van der Waals surface area contributed by atoms with E-state index in [0.29, 0.717) is 6.54 Å². The lowest BCUT2D eigenvalue weighted by Gasteiger charge is -2.34. The van der Waals surface area contributed by atoms with Crippen LogP contribution in [0.15, 0.2) is 42.7 Å². The number of benzene rings is 1. The van der Waals surface area contributed by atoms with Gasteiger partial charge in [0.2, 0.25) is 0 Å². The van der Waals surface area contributed by atoms with Crippen LogP contribution in [-0.4, -0.2) is 45.0 Å². The Morgan fingerprint density at radius 2 is 2.14 bits per heavy atom. The summed E-state index contributed by atoms with van der Waals surface area (Å²) in [6.45, 7) is 0.716. The fourth-order valence-corrected chi connectivity index (χ4v) is 2.77. The van der Waals surface area contributed by atoms with Crippen LogP contribution in [0.25, 0.3) is 5.69 Å². The fourth-order valence-electron chi connectivity index (χ4n) is 2.77. The molecular formula is C16H20N4O2. The van der Waals surface area contributed by atoms with Crippen molar-refractivity contribution in [3.8, 4) is 5.69 Å². The zero-order valence-corrected chi connectivity index (χ0v) is 12.4. The molecule has 0 spiro atoms. The highest BCUT2D eigenvalue weighted by molar-refractivity contribution is 5.89. The molecule has 0 aliphatic carbocycles. The first-order valence-corrected chi connectivity index (χ1v) is 7.56. The molecule has 0 saturated carbocycles. The van der Waals surface area contributed by atoms with E-state index in [1.165, 1.54) is 0 Å². The van der Waals surface area contributed by atoms with Gasteiger partial charge in [-0.05, 0) is 49.6 Å². The van der Waals surface area contributed by atoms with Gasteiger partial charge in [-0.2, -0.15) is 5.10 Å². The third kappa shape index (κ3) is 3.12. The predicted molar refractivity (Wildman–Crippen MR) is 84.0 cm³/mol. The molecule has 1 aliphatic heterocycles. The van der Waals surface area contributed by atoms with Crippen LogP contribution in [0.2, 0.25) is 0 Å². The molecule has 22 heavy (non-hydrogen) atoms. The first-order chi connectivity index (χ1) is 10.8. The summed E-state index contributed by atoms with van der Waals surface area (Å²) >= 11 is 0. The van der Waals surface area contributed by atoms with Crippen LogP contribution in [-0.2, 0) is 0 Å². The quantitative estimate of drug-likeness (QED) is 0.913. The van der Waals surface area contributed by atoms with E-state index in [-0.39, 0.29) is 18.7 Å². The van der Waals surface area contributed by atoms with Gasteiger partial charge < -0.3 is 15.3 Å². The molecule has 2 amide bonds. The molecule has 1 saturated heterocycles. The van der Waals surface area contributed by atoms with Crippen molar-refractivity contribution in [1.82, 2.24) is 14.7 Å². The van der Waals surface area contributed by atoms with E-state index in [0.717, 1.165) is 30.6 Å². The van der Waals surface area contributed by atoms with Crippen LogP contribution in [0.1, 0.15) is 19.3 Å². The Labute approximate surface area is 129 Å². The zero-order chi connectivity index (χ0) is 15.4. The molecule has 3 rings (SSSR count). The second-order valence-corrected chi connectivity index (χ2v) is 5.45. The van der Waals surface area contributed by atoms with Crippen molar-refractivity contribution >= 4 is 11.7 Å². The molecular weight excluding hydrogens is 280 g/mol. The van der Waals surface area contributed by atoms with Crippen LogP contribution in [0, 0.1) is 0 Å². The van der Waals surface area contributed by atoms with Crippen molar-refractivity contribution in [3.63, 3.8) is 0 Å². The minimum absolute atomic E-state index is 0.0195. The van der Waals surface area contributed by atoms with E-state index in [2.05, 4.69) is 10.4 Å². The lowest BCUT2D eigenvalue weighted by Crippen LogP contribution is -2.47. The number of carbonyl (C=O) groups excluding carboxylic acids is 1. The number of nitrogens with one attached hydrogen (secondary N) is 1. The van der Waals surface area contributed by atoms with Gasteiger partial charge in [0, 0.05) is 24.6 Å². The van der Waals surface area contributed by atoms with E-state index >= 15 is 0 Å². The monoisotopic (exact) mass is 300 g/mol. The summed E-state index contributed by atoms with van der Waals surface area (Å²) in [5.74, 6) is 0. The molecule has 2 aromatic rings. The van der Waals surface area contributed by atoms with Crippen molar-refractivity contribution in [1.29, 1.82) is 0 Å². The van der Waals surface area contributed by atoms with Gasteiger partial charge in [0.05, 0.1) is 18.3 Å². The van der Waals surface area contributed by atoms with Gasteiger partial charge in [0.15, 0.2) is 0 Å². The Bertz CT molecular complexity index is 610. The van der Waals surface area contributed by atoms with Gasteiger partial charge in [0.1, 0.15) is 0 Å². The number of hydrogen-bond donors (Lipinski definition) is 2.